The molecule has 0 radical (unpaired) electrons. The third-order valence-corrected chi connectivity index (χ3v) is 5.99. The molecule has 0 atom stereocenters. The summed E-state index contributed by atoms with van der Waals surface area (Å²) in [6.07, 6.45) is 0. The lowest BCUT2D eigenvalue weighted by Crippen LogP contribution is -2.31. The lowest BCUT2D eigenvalue weighted by molar-refractivity contribution is -0.128. The summed E-state index contributed by atoms with van der Waals surface area (Å²) in [6, 6.07) is 18.0. The van der Waals surface area contributed by atoms with E-state index < -0.39 is 0 Å². The summed E-state index contributed by atoms with van der Waals surface area (Å²) in [7, 11) is 1.95. The number of rotatable bonds is 10. The number of hydrogen-bond acceptors (Lipinski definition) is 5. The zero-order chi connectivity index (χ0) is 22.2. The SMILES string of the molecule is CCN(Cc1ccc(OCc2ccccc2)cc1)C(=O)CSc1nnc(C(C)C)n1C. The Balaban J connectivity index is 1.52. The summed E-state index contributed by atoms with van der Waals surface area (Å²) in [5.41, 5.74) is 2.21. The van der Waals surface area contributed by atoms with Crippen LogP contribution in [-0.2, 0) is 25.0 Å². The lowest BCUT2D eigenvalue weighted by atomic mass is 10.2. The van der Waals surface area contributed by atoms with Gasteiger partial charge in [0.15, 0.2) is 5.16 Å². The summed E-state index contributed by atoms with van der Waals surface area (Å²) in [5, 5.41) is 9.21. The summed E-state index contributed by atoms with van der Waals surface area (Å²) >= 11 is 1.43. The van der Waals surface area contributed by atoms with Crippen LogP contribution in [0, 0.1) is 0 Å². The van der Waals surface area contributed by atoms with Gasteiger partial charge < -0.3 is 14.2 Å². The number of benzene rings is 2. The van der Waals surface area contributed by atoms with Gasteiger partial charge in [0.25, 0.3) is 0 Å². The molecule has 0 aliphatic rings. The van der Waals surface area contributed by atoms with Gasteiger partial charge >= 0.3 is 0 Å². The van der Waals surface area contributed by atoms with Gasteiger partial charge in [-0.2, -0.15) is 0 Å². The maximum Gasteiger partial charge on any atom is 0.233 e. The van der Waals surface area contributed by atoms with Crippen LogP contribution in [0.15, 0.2) is 59.8 Å². The molecule has 0 aliphatic carbocycles. The molecule has 0 N–H and O–H groups in total. The minimum atomic E-state index is 0.0889. The van der Waals surface area contributed by atoms with Crippen molar-refractivity contribution in [3.05, 3.63) is 71.5 Å². The molecule has 31 heavy (non-hydrogen) atoms. The number of hydrogen-bond donors (Lipinski definition) is 0. The fourth-order valence-electron chi connectivity index (χ4n) is 3.20. The standard InChI is InChI=1S/C24H30N4O2S/c1-5-28(22(29)17-31-24-26-25-23(18(2)3)27(24)4)15-19-11-13-21(14-12-19)30-16-20-9-7-6-8-10-20/h6-14,18H,5,15-17H2,1-4H3. The zero-order valence-electron chi connectivity index (χ0n) is 18.6. The van der Waals surface area contributed by atoms with Crippen LogP contribution >= 0.6 is 11.8 Å². The number of amides is 1. The topological polar surface area (TPSA) is 60.2 Å². The molecule has 2 aromatic carbocycles. The second-order valence-electron chi connectivity index (χ2n) is 7.67. The Hall–Kier alpha value is -2.80. The molecule has 0 bridgehead atoms. The average Bonchev–Trinajstić information content (AvgIpc) is 3.16. The van der Waals surface area contributed by atoms with Crippen molar-refractivity contribution in [2.24, 2.45) is 7.05 Å². The number of thioether (sulfide) groups is 1. The molecule has 6 nitrogen and oxygen atoms in total. The normalized spacial score (nSPS) is 11.0. The molecule has 7 heteroatoms. The number of carbonyl (C=O) groups is 1. The predicted molar refractivity (Wildman–Crippen MR) is 124 cm³/mol. The Morgan fingerprint density at radius 3 is 2.39 bits per heavy atom. The van der Waals surface area contributed by atoms with Gasteiger partial charge in [-0.3, -0.25) is 4.79 Å². The lowest BCUT2D eigenvalue weighted by Gasteiger charge is -2.21. The van der Waals surface area contributed by atoms with Gasteiger partial charge in [0.1, 0.15) is 18.2 Å². The van der Waals surface area contributed by atoms with Gasteiger partial charge in [0.2, 0.25) is 5.91 Å². The zero-order valence-corrected chi connectivity index (χ0v) is 19.4. The van der Waals surface area contributed by atoms with Crippen LogP contribution in [-0.4, -0.2) is 37.9 Å². The van der Waals surface area contributed by atoms with E-state index in [1.807, 2.05) is 78.0 Å². The second-order valence-corrected chi connectivity index (χ2v) is 8.61. The quantitative estimate of drug-likeness (QED) is 0.431. The minimum Gasteiger partial charge on any atom is -0.489 e. The third kappa shape index (κ3) is 6.34. The van der Waals surface area contributed by atoms with Crippen LogP contribution in [0.2, 0.25) is 0 Å². The van der Waals surface area contributed by atoms with Crippen LogP contribution in [0.3, 0.4) is 0 Å². The molecule has 3 aromatic rings. The van der Waals surface area contributed by atoms with E-state index in [1.54, 1.807) is 0 Å². The van der Waals surface area contributed by atoms with E-state index in [0.29, 0.717) is 31.4 Å². The first-order valence-corrected chi connectivity index (χ1v) is 11.5. The first-order valence-electron chi connectivity index (χ1n) is 10.5. The summed E-state index contributed by atoms with van der Waals surface area (Å²) in [6.45, 7) is 7.93. The molecule has 0 aliphatic heterocycles. The molecular weight excluding hydrogens is 408 g/mol. The highest BCUT2D eigenvalue weighted by Crippen LogP contribution is 2.21. The molecule has 3 rings (SSSR count). The van der Waals surface area contributed by atoms with E-state index in [2.05, 4.69) is 24.0 Å². The van der Waals surface area contributed by atoms with E-state index in [9.17, 15) is 4.79 Å². The Labute approximate surface area is 188 Å². The third-order valence-electron chi connectivity index (χ3n) is 4.99. The average molecular weight is 439 g/mol. The van der Waals surface area contributed by atoms with Crippen LogP contribution in [0.1, 0.15) is 43.6 Å². The molecule has 0 unspecified atom stereocenters. The molecule has 1 amide bonds. The largest absolute Gasteiger partial charge is 0.489 e. The number of carbonyl (C=O) groups excluding carboxylic acids is 1. The van der Waals surface area contributed by atoms with E-state index in [4.69, 9.17) is 4.74 Å². The van der Waals surface area contributed by atoms with E-state index >= 15 is 0 Å². The van der Waals surface area contributed by atoms with E-state index in [0.717, 1.165) is 27.9 Å². The molecular formula is C24H30N4O2S. The van der Waals surface area contributed by atoms with Crippen LogP contribution in [0.4, 0.5) is 0 Å². The fourth-order valence-corrected chi connectivity index (χ4v) is 4.02. The predicted octanol–water partition coefficient (Wildman–Crippen LogP) is 4.66. The van der Waals surface area contributed by atoms with E-state index in [1.165, 1.54) is 11.8 Å². The fraction of sp³-hybridized carbons (Fsp3) is 0.375. The molecule has 1 aromatic heterocycles. The second kappa shape index (κ2) is 11.0. The summed E-state index contributed by atoms with van der Waals surface area (Å²) in [4.78, 5) is 14.6. The monoisotopic (exact) mass is 438 g/mol. The van der Waals surface area contributed by atoms with Crippen LogP contribution in [0.5, 0.6) is 5.75 Å². The minimum absolute atomic E-state index is 0.0889. The smallest absolute Gasteiger partial charge is 0.233 e. The highest BCUT2D eigenvalue weighted by molar-refractivity contribution is 7.99. The van der Waals surface area contributed by atoms with Crippen LogP contribution in [0.25, 0.3) is 0 Å². The van der Waals surface area contributed by atoms with Gasteiger partial charge in [-0.1, -0.05) is 68.1 Å². The van der Waals surface area contributed by atoms with Gasteiger partial charge in [-0.05, 0) is 30.2 Å². The molecule has 0 spiro atoms. The summed E-state index contributed by atoms with van der Waals surface area (Å²) < 4.78 is 7.81. The highest BCUT2D eigenvalue weighted by atomic mass is 32.2. The molecule has 1 heterocycles. The Morgan fingerprint density at radius 1 is 1.06 bits per heavy atom. The molecule has 164 valence electrons. The van der Waals surface area contributed by atoms with Gasteiger partial charge in [-0.25, -0.2) is 0 Å². The maximum atomic E-state index is 12.8. The Kier molecular flexibility index (Phi) is 8.12. The van der Waals surface area contributed by atoms with Crippen molar-refractivity contribution >= 4 is 17.7 Å². The highest BCUT2D eigenvalue weighted by Gasteiger charge is 2.17. The molecule has 0 fully saturated rings. The van der Waals surface area contributed by atoms with Crippen LogP contribution < -0.4 is 4.74 Å². The Bertz CT molecular complexity index is 971. The van der Waals surface area contributed by atoms with Crippen molar-refractivity contribution in [1.82, 2.24) is 19.7 Å². The first-order chi connectivity index (χ1) is 15.0. The van der Waals surface area contributed by atoms with Gasteiger partial charge in [-0.15, -0.1) is 10.2 Å². The maximum absolute atomic E-state index is 12.8. The first kappa shape index (κ1) is 22.9. The number of aromatic nitrogens is 3. The Morgan fingerprint density at radius 2 is 1.77 bits per heavy atom. The van der Waals surface area contributed by atoms with Crippen molar-refractivity contribution in [3.8, 4) is 5.75 Å². The van der Waals surface area contributed by atoms with Gasteiger partial charge in [0, 0.05) is 26.1 Å². The van der Waals surface area contributed by atoms with Crippen molar-refractivity contribution in [2.45, 2.75) is 45.0 Å². The molecule has 0 saturated carbocycles. The van der Waals surface area contributed by atoms with Crippen molar-refractivity contribution in [1.29, 1.82) is 0 Å². The number of nitrogens with zero attached hydrogens (tertiary/aromatic N) is 4. The molecule has 0 saturated heterocycles. The van der Waals surface area contributed by atoms with Gasteiger partial charge in [0.05, 0.1) is 5.75 Å². The van der Waals surface area contributed by atoms with Crippen molar-refractivity contribution in [3.63, 3.8) is 0 Å². The van der Waals surface area contributed by atoms with E-state index in [-0.39, 0.29) is 5.91 Å². The van der Waals surface area contributed by atoms with Crippen molar-refractivity contribution < 1.29 is 9.53 Å². The number of ether oxygens (including phenoxy) is 1. The van der Waals surface area contributed by atoms with Crippen molar-refractivity contribution in [2.75, 3.05) is 12.3 Å². The summed E-state index contributed by atoms with van der Waals surface area (Å²) in [5.74, 6) is 2.48.